The number of ether oxygens (including phenoxy) is 1. The number of carbonyl (C=O) groups excluding carboxylic acids is 3. The van der Waals surface area contributed by atoms with Gasteiger partial charge < -0.3 is 29.7 Å². The van der Waals surface area contributed by atoms with Crippen LogP contribution in [0.5, 0.6) is 5.75 Å². The average molecular weight is 670 g/mol. The molecule has 0 spiro atoms. The first-order chi connectivity index (χ1) is 23.1. The van der Waals surface area contributed by atoms with Gasteiger partial charge in [0.05, 0.1) is 29.0 Å². The number of anilines is 3. The highest BCUT2D eigenvalue weighted by Crippen LogP contribution is 2.38. The third kappa shape index (κ3) is 6.10. The van der Waals surface area contributed by atoms with Crippen LogP contribution >= 0.6 is 0 Å². The van der Waals surface area contributed by atoms with Crippen LogP contribution < -0.4 is 20.3 Å². The fourth-order valence-corrected chi connectivity index (χ4v) is 8.52. The molecule has 7 rings (SSSR count). The maximum absolute atomic E-state index is 13.5. The highest BCUT2D eigenvalue weighted by Gasteiger charge is 2.36. The summed E-state index contributed by atoms with van der Waals surface area (Å²) in [4.78, 5) is 51.8. The zero-order valence-electron chi connectivity index (χ0n) is 26.5. The SMILES string of the molecule is CN(C(=O)C1CCN(c2ccnc3c2c(/C=C2\Oc4ccc(NC(=O)Nc5cccnc5)cc4C2=O)cn3C)CC1)C1CCS(=O)(=O)C1. The Bertz CT molecular complexity index is 2070. The number of sulfone groups is 1. The number of aromatic nitrogens is 3. The molecular weight excluding hydrogens is 634 g/mol. The Balaban J connectivity index is 1.07. The number of piperidine rings is 1. The van der Waals surface area contributed by atoms with Crippen LogP contribution in [-0.2, 0) is 21.7 Å². The van der Waals surface area contributed by atoms with E-state index in [0.29, 0.717) is 55.0 Å². The van der Waals surface area contributed by atoms with E-state index in [4.69, 9.17) is 4.74 Å². The van der Waals surface area contributed by atoms with E-state index in [1.54, 1.807) is 60.7 Å². The Morgan fingerprint density at radius 3 is 2.58 bits per heavy atom. The summed E-state index contributed by atoms with van der Waals surface area (Å²) in [6, 6.07) is 9.56. The van der Waals surface area contributed by atoms with Crippen LogP contribution in [0.2, 0.25) is 0 Å². The minimum Gasteiger partial charge on any atom is -0.452 e. The van der Waals surface area contributed by atoms with Gasteiger partial charge in [0.25, 0.3) is 0 Å². The number of nitrogens with zero attached hydrogens (tertiary/aromatic N) is 5. The lowest BCUT2D eigenvalue weighted by Gasteiger charge is -2.36. The van der Waals surface area contributed by atoms with Crippen molar-refractivity contribution >= 4 is 61.7 Å². The number of fused-ring (bicyclic) bond motifs is 2. The molecular formula is C34H35N7O6S. The molecule has 14 heteroatoms. The van der Waals surface area contributed by atoms with Crippen LogP contribution in [0.1, 0.15) is 35.2 Å². The Kier molecular flexibility index (Phi) is 8.11. The summed E-state index contributed by atoms with van der Waals surface area (Å²) < 4.78 is 31.8. The fourth-order valence-electron chi connectivity index (χ4n) is 6.75. The molecule has 0 radical (unpaired) electrons. The van der Waals surface area contributed by atoms with Gasteiger partial charge in [-0.05, 0) is 61.7 Å². The van der Waals surface area contributed by atoms with Gasteiger partial charge in [-0.15, -0.1) is 0 Å². The lowest BCUT2D eigenvalue weighted by atomic mass is 9.94. The molecule has 1 atom stereocenters. The minimum absolute atomic E-state index is 0.00528. The summed E-state index contributed by atoms with van der Waals surface area (Å²) in [6.07, 6.45) is 10.3. The Hall–Kier alpha value is -5.24. The van der Waals surface area contributed by atoms with E-state index >= 15 is 0 Å². The molecule has 0 bridgehead atoms. The summed E-state index contributed by atoms with van der Waals surface area (Å²) >= 11 is 0. The summed E-state index contributed by atoms with van der Waals surface area (Å²) in [6.45, 7) is 1.28. The highest BCUT2D eigenvalue weighted by atomic mass is 32.2. The molecule has 1 aromatic carbocycles. The van der Waals surface area contributed by atoms with Crippen LogP contribution in [0.15, 0.2) is 66.9 Å². The number of ketones is 1. The molecule has 3 aromatic heterocycles. The van der Waals surface area contributed by atoms with E-state index in [-0.39, 0.29) is 40.9 Å². The molecule has 3 aliphatic heterocycles. The first kappa shape index (κ1) is 31.4. The van der Waals surface area contributed by atoms with Crippen LogP contribution in [0, 0.1) is 5.92 Å². The first-order valence-corrected chi connectivity index (χ1v) is 17.6. The number of nitrogens with one attached hydrogen (secondary N) is 2. The molecule has 6 heterocycles. The fraction of sp³-hybridized carbons (Fsp3) is 0.324. The van der Waals surface area contributed by atoms with E-state index in [0.717, 1.165) is 22.3 Å². The molecule has 0 saturated carbocycles. The molecule has 248 valence electrons. The third-order valence-electron chi connectivity index (χ3n) is 9.28. The number of hydrogen-bond acceptors (Lipinski definition) is 9. The normalized spacial score (nSPS) is 19.7. The standard InChI is InChI=1S/C34H35N7O6S/c1-39-19-22(16-29-31(42)26-17-23(5-6-28(26)47-29)37-34(44)38-24-4-3-11-35-18-24)30-27(7-12-36-32(30)39)41-13-8-21(9-14-41)33(43)40(2)25-10-15-48(45,46)20-25/h3-7,11-12,16-19,21,25H,8-10,13-15,20H2,1-2H3,(H2,37,38,44)/b29-16-. The van der Waals surface area contributed by atoms with Gasteiger partial charge in [0, 0.05) is 80.1 Å². The molecule has 2 fully saturated rings. The highest BCUT2D eigenvalue weighted by molar-refractivity contribution is 7.91. The lowest BCUT2D eigenvalue weighted by Crippen LogP contribution is -2.45. The number of allylic oxidation sites excluding steroid dienone is 1. The second kappa shape index (κ2) is 12.4. The van der Waals surface area contributed by atoms with Crippen molar-refractivity contribution in [2.75, 3.05) is 47.2 Å². The van der Waals surface area contributed by atoms with Gasteiger partial charge in [-0.1, -0.05) is 0 Å². The van der Waals surface area contributed by atoms with Gasteiger partial charge in [0.2, 0.25) is 11.7 Å². The minimum atomic E-state index is -3.08. The topological polar surface area (TPSA) is 156 Å². The molecule has 13 nitrogen and oxygen atoms in total. The molecule has 2 saturated heterocycles. The van der Waals surface area contributed by atoms with Crippen molar-refractivity contribution in [3.8, 4) is 5.75 Å². The van der Waals surface area contributed by atoms with E-state index < -0.39 is 15.9 Å². The molecule has 3 aliphatic rings. The number of amides is 3. The number of rotatable bonds is 6. The van der Waals surface area contributed by atoms with Gasteiger partial charge in [0.1, 0.15) is 11.4 Å². The van der Waals surface area contributed by atoms with E-state index in [1.165, 1.54) is 6.20 Å². The molecule has 3 amide bonds. The van der Waals surface area contributed by atoms with E-state index in [9.17, 15) is 22.8 Å². The van der Waals surface area contributed by atoms with Crippen LogP contribution in [0.25, 0.3) is 17.1 Å². The zero-order chi connectivity index (χ0) is 33.6. The predicted molar refractivity (Wildman–Crippen MR) is 182 cm³/mol. The summed E-state index contributed by atoms with van der Waals surface area (Å²) in [5, 5.41) is 6.31. The first-order valence-electron chi connectivity index (χ1n) is 15.8. The molecule has 0 aliphatic carbocycles. The predicted octanol–water partition coefficient (Wildman–Crippen LogP) is 4.09. The van der Waals surface area contributed by atoms with Gasteiger partial charge in [-0.2, -0.15) is 0 Å². The third-order valence-corrected chi connectivity index (χ3v) is 11.0. The van der Waals surface area contributed by atoms with Crippen molar-refractivity contribution in [1.29, 1.82) is 0 Å². The van der Waals surface area contributed by atoms with Crippen molar-refractivity contribution in [2.45, 2.75) is 25.3 Å². The van der Waals surface area contributed by atoms with Crippen LogP contribution in [0.4, 0.5) is 21.9 Å². The van der Waals surface area contributed by atoms with Crippen molar-refractivity contribution in [2.24, 2.45) is 13.0 Å². The lowest BCUT2D eigenvalue weighted by molar-refractivity contribution is -0.136. The van der Waals surface area contributed by atoms with Crippen molar-refractivity contribution in [3.05, 3.63) is 78.1 Å². The van der Waals surface area contributed by atoms with Crippen molar-refractivity contribution < 1.29 is 27.5 Å². The smallest absolute Gasteiger partial charge is 0.323 e. The maximum atomic E-state index is 13.5. The van der Waals surface area contributed by atoms with Gasteiger partial charge in [0.15, 0.2) is 15.6 Å². The number of carbonyl (C=O) groups is 3. The van der Waals surface area contributed by atoms with E-state index in [1.807, 2.05) is 23.9 Å². The summed E-state index contributed by atoms with van der Waals surface area (Å²) in [7, 11) is 0.535. The second-order valence-corrected chi connectivity index (χ2v) is 14.7. The van der Waals surface area contributed by atoms with Gasteiger partial charge in [-0.3, -0.25) is 14.6 Å². The number of benzene rings is 1. The molecule has 1 unspecified atom stereocenters. The molecule has 2 N–H and O–H groups in total. The number of pyridine rings is 2. The summed E-state index contributed by atoms with van der Waals surface area (Å²) in [5.41, 5.74) is 3.77. The Morgan fingerprint density at radius 2 is 1.85 bits per heavy atom. The monoisotopic (exact) mass is 669 g/mol. The van der Waals surface area contributed by atoms with Gasteiger partial charge in [-0.25, -0.2) is 18.2 Å². The van der Waals surface area contributed by atoms with Gasteiger partial charge >= 0.3 is 6.03 Å². The maximum Gasteiger partial charge on any atom is 0.323 e. The summed E-state index contributed by atoms with van der Waals surface area (Å²) in [5.74, 6) is 0.255. The van der Waals surface area contributed by atoms with Crippen molar-refractivity contribution in [1.82, 2.24) is 19.4 Å². The average Bonchev–Trinajstić information content (AvgIpc) is 3.72. The number of Topliss-reactive ketones (excluding diaryl/α,β-unsaturated/α-hetero) is 1. The number of urea groups is 1. The van der Waals surface area contributed by atoms with Crippen LogP contribution in [0.3, 0.4) is 0 Å². The quantitative estimate of drug-likeness (QED) is 0.289. The Labute approximate surface area is 277 Å². The van der Waals surface area contributed by atoms with E-state index in [2.05, 4.69) is 25.5 Å². The second-order valence-electron chi connectivity index (χ2n) is 12.5. The Morgan fingerprint density at radius 1 is 1.06 bits per heavy atom. The zero-order valence-corrected chi connectivity index (χ0v) is 27.4. The molecule has 48 heavy (non-hydrogen) atoms. The number of hydrogen-bond donors (Lipinski definition) is 2. The number of aryl methyl sites for hydroxylation is 1. The van der Waals surface area contributed by atoms with Crippen LogP contribution in [-0.4, -0.2) is 83.3 Å². The molecule has 4 aromatic rings. The largest absolute Gasteiger partial charge is 0.452 e. The van der Waals surface area contributed by atoms with Crippen molar-refractivity contribution in [3.63, 3.8) is 0 Å².